The summed E-state index contributed by atoms with van der Waals surface area (Å²) in [6.45, 7) is 0. The fourth-order valence-corrected chi connectivity index (χ4v) is 3.86. The van der Waals surface area contributed by atoms with E-state index in [1.807, 2.05) is 36.4 Å². The highest BCUT2D eigenvalue weighted by atomic mass is 32.2. The van der Waals surface area contributed by atoms with E-state index in [0.717, 1.165) is 5.56 Å². The maximum atomic E-state index is 12.8. The summed E-state index contributed by atoms with van der Waals surface area (Å²) in [5, 5.41) is 2.77. The molecule has 138 valence electrons. The van der Waals surface area contributed by atoms with Crippen LogP contribution >= 0.6 is 0 Å². The normalized spacial score (nSPS) is 12.3. The largest absolute Gasteiger partial charge is 0.325 e. The van der Waals surface area contributed by atoms with Crippen LogP contribution in [0.3, 0.4) is 0 Å². The van der Waals surface area contributed by atoms with Crippen LogP contribution in [0.2, 0.25) is 0 Å². The van der Waals surface area contributed by atoms with Gasteiger partial charge in [-0.15, -0.1) is 0 Å². The topological polar surface area (TPSA) is 75.3 Å². The summed E-state index contributed by atoms with van der Waals surface area (Å²) in [6, 6.07) is 25.3. The van der Waals surface area contributed by atoms with E-state index in [9.17, 15) is 13.2 Å². The van der Waals surface area contributed by atoms with Crippen molar-refractivity contribution in [3.05, 3.63) is 96.6 Å². The molecule has 0 aromatic heterocycles. The van der Waals surface area contributed by atoms with Crippen LogP contribution in [-0.4, -0.2) is 20.4 Å². The van der Waals surface area contributed by atoms with Crippen molar-refractivity contribution < 1.29 is 13.2 Å². The number of para-hydroxylation sites is 1. The zero-order valence-electron chi connectivity index (χ0n) is 14.6. The highest BCUT2D eigenvalue weighted by Crippen LogP contribution is 2.13. The van der Waals surface area contributed by atoms with Crippen molar-refractivity contribution >= 4 is 21.6 Å². The predicted octanol–water partition coefficient (Wildman–Crippen LogP) is 3.21. The van der Waals surface area contributed by atoms with Gasteiger partial charge in [0, 0.05) is 5.69 Å². The minimum absolute atomic E-state index is 0.121. The fraction of sp³-hybridized carbons (Fsp3) is 0.0952. The van der Waals surface area contributed by atoms with Gasteiger partial charge in [-0.2, -0.15) is 4.72 Å². The number of carbonyl (C=O) groups is 1. The van der Waals surface area contributed by atoms with Crippen molar-refractivity contribution in [1.82, 2.24) is 4.72 Å². The predicted molar refractivity (Wildman–Crippen MR) is 106 cm³/mol. The Morgan fingerprint density at radius 2 is 1.30 bits per heavy atom. The lowest BCUT2D eigenvalue weighted by Crippen LogP contribution is -2.45. The lowest BCUT2D eigenvalue weighted by atomic mass is 10.1. The summed E-state index contributed by atoms with van der Waals surface area (Å²) in [5.74, 6) is -0.412. The first-order valence-corrected chi connectivity index (χ1v) is 10.0. The number of sulfonamides is 1. The van der Waals surface area contributed by atoms with Gasteiger partial charge in [-0.1, -0.05) is 66.7 Å². The third-order valence-corrected chi connectivity index (χ3v) is 5.48. The summed E-state index contributed by atoms with van der Waals surface area (Å²) >= 11 is 0. The number of benzene rings is 3. The molecule has 5 nitrogen and oxygen atoms in total. The van der Waals surface area contributed by atoms with Crippen LogP contribution in [0, 0.1) is 0 Å². The zero-order chi connectivity index (χ0) is 19.1. The molecule has 0 aliphatic heterocycles. The Hall–Kier alpha value is -2.96. The highest BCUT2D eigenvalue weighted by molar-refractivity contribution is 7.89. The molecule has 0 heterocycles. The Balaban J connectivity index is 1.84. The minimum Gasteiger partial charge on any atom is -0.325 e. The third kappa shape index (κ3) is 5.26. The smallest absolute Gasteiger partial charge is 0.242 e. The fourth-order valence-electron chi connectivity index (χ4n) is 2.64. The van der Waals surface area contributed by atoms with Gasteiger partial charge in [0.1, 0.15) is 6.04 Å². The summed E-state index contributed by atoms with van der Waals surface area (Å²) in [7, 11) is -3.83. The molecule has 0 saturated carbocycles. The average Bonchev–Trinajstić information content (AvgIpc) is 2.69. The number of nitrogens with one attached hydrogen (secondary N) is 2. The van der Waals surface area contributed by atoms with Gasteiger partial charge in [-0.05, 0) is 36.2 Å². The van der Waals surface area contributed by atoms with Gasteiger partial charge in [-0.3, -0.25) is 4.79 Å². The maximum absolute atomic E-state index is 12.8. The minimum atomic E-state index is -3.83. The van der Waals surface area contributed by atoms with E-state index in [2.05, 4.69) is 10.0 Å². The molecule has 0 unspecified atom stereocenters. The highest BCUT2D eigenvalue weighted by Gasteiger charge is 2.26. The molecule has 0 saturated heterocycles. The van der Waals surface area contributed by atoms with E-state index in [4.69, 9.17) is 0 Å². The molecule has 2 N–H and O–H groups in total. The van der Waals surface area contributed by atoms with Crippen molar-refractivity contribution in [2.75, 3.05) is 5.32 Å². The standard InChI is InChI=1S/C21H20N2O3S/c24-21(22-18-12-6-2-7-13-18)20(16-17-10-4-1-5-11-17)23-27(25,26)19-14-8-3-9-15-19/h1-15,20,23H,16H2,(H,22,24)/t20-/m0/s1. The summed E-state index contributed by atoms with van der Waals surface area (Å²) in [6.07, 6.45) is 0.242. The van der Waals surface area contributed by atoms with Gasteiger partial charge in [0.2, 0.25) is 15.9 Å². The molecule has 0 aliphatic rings. The van der Waals surface area contributed by atoms with Crippen LogP contribution in [0.4, 0.5) is 5.69 Å². The van der Waals surface area contributed by atoms with Crippen LogP contribution in [0.25, 0.3) is 0 Å². The Kier molecular flexibility index (Phi) is 6.01. The van der Waals surface area contributed by atoms with Gasteiger partial charge < -0.3 is 5.32 Å². The van der Waals surface area contributed by atoms with E-state index < -0.39 is 22.0 Å². The molecular weight excluding hydrogens is 360 g/mol. The van der Waals surface area contributed by atoms with Gasteiger partial charge >= 0.3 is 0 Å². The van der Waals surface area contributed by atoms with E-state index in [1.54, 1.807) is 42.5 Å². The molecule has 0 radical (unpaired) electrons. The van der Waals surface area contributed by atoms with Crippen molar-refractivity contribution in [3.8, 4) is 0 Å². The molecular formula is C21H20N2O3S. The van der Waals surface area contributed by atoms with E-state index >= 15 is 0 Å². The molecule has 0 bridgehead atoms. The quantitative estimate of drug-likeness (QED) is 0.661. The van der Waals surface area contributed by atoms with Crippen molar-refractivity contribution in [2.45, 2.75) is 17.4 Å². The van der Waals surface area contributed by atoms with Gasteiger partial charge in [0.05, 0.1) is 4.90 Å². The molecule has 3 rings (SSSR count). The van der Waals surface area contributed by atoms with Crippen LogP contribution in [0.1, 0.15) is 5.56 Å². The van der Waals surface area contributed by atoms with Crippen molar-refractivity contribution in [3.63, 3.8) is 0 Å². The number of rotatable bonds is 7. The maximum Gasteiger partial charge on any atom is 0.242 e. The van der Waals surface area contributed by atoms with Crippen molar-refractivity contribution in [1.29, 1.82) is 0 Å². The monoisotopic (exact) mass is 380 g/mol. The van der Waals surface area contributed by atoms with Gasteiger partial charge in [0.25, 0.3) is 0 Å². The second-order valence-corrected chi connectivity index (χ2v) is 7.75. The molecule has 0 spiro atoms. The molecule has 27 heavy (non-hydrogen) atoms. The van der Waals surface area contributed by atoms with E-state index in [-0.39, 0.29) is 11.3 Å². The van der Waals surface area contributed by atoms with Crippen molar-refractivity contribution in [2.24, 2.45) is 0 Å². The van der Waals surface area contributed by atoms with E-state index in [0.29, 0.717) is 5.69 Å². The Labute approximate surface area is 159 Å². The van der Waals surface area contributed by atoms with Crippen LogP contribution < -0.4 is 10.0 Å². The average molecular weight is 380 g/mol. The summed E-state index contributed by atoms with van der Waals surface area (Å²) in [5.41, 5.74) is 1.47. The first kappa shape index (κ1) is 18.8. The second-order valence-electron chi connectivity index (χ2n) is 6.03. The summed E-state index contributed by atoms with van der Waals surface area (Å²) in [4.78, 5) is 12.9. The van der Waals surface area contributed by atoms with E-state index in [1.165, 1.54) is 12.1 Å². The Morgan fingerprint density at radius 3 is 1.89 bits per heavy atom. The number of anilines is 1. The number of amides is 1. The van der Waals surface area contributed by atoms with Crippen LogP contribution in [-0.2, 0) is 21.2 Å². The Bertz CT molecular complexity index is 976. The number of hydrogen-bond acceptors (Lipinski definition) is 3. The molecule has 1 atom stereocenters. The van der Waals surface area contributed by atoms with Gasteiger partial charge in [-0.25, -0.2) is 8.42 Å². The van der Waals surface area contributed by atoms with Crippen LogP contribution in [0.5, 0.6) is 0 Å². The molecule has 0 fully saturated rings. The Morgan fingerprint density at radius 1 is 0.778 bits per heavy atom. The first-order chi connectivity index (χ1) is 13.0. The third-order valence-electron chi connectivity index (χ3n) is 3.99. The lowest BCUT2D eigenvalue weighted by molar-refractivity contribution is -0.117. The second kappa shape index (κ2) is 8.62. The molecule has 3 aromatic carbocycles. The molecule has 1 amide bonds. The molecule has 6 heteroatoms. The lowest BCUT2D eigenvalue weighted by Gasteiger charge is -2.19. The number of hydrogen-bond donors (Lipinski definition) is 2. The number of carbonyl (C=O) groups excluding carboxylic acids is 1. The van der Waals surface area contributed by atoms with Crippen LogP contribution in [0.15, 0.2) is 95.9 Å². The van der Waals surface area contributed by atoms with Gasteiger partial charge in [0.15, 0.2) is 0 Å². The summed E-state index contributed by atoms with van der Waals surface area (Å²) < 4.78 is 27.9. The SMILES string of the molecule is O=C(Nc1ccccc1)[C@H](Cc1ccccc1)NS(=O)(=O)c1ccccc1. The molecule has 3 aromatic rings. The zero-order valence-corrected chi connectivity index (χ0v) is 15.4. The molecule has 0 aliphatic carbocycles. The first-order valence-electron chi connectivity index (χ1n) is 8.52.